The van der Waals surface area contributed by atoms with Crippen molar-refractivity contribution in [3.05, 3.63) is 0 Å². The predicted molar refractivity (Wildman–Crippen MR) is 104 cm³/mol. The van der Waals surface area contributed by atoms with Gasteiger partial charge in [-0.2, -0.15) is 0 Å². The van der Waals surface area contributed by atoms with Crippen molar-refractivity contribution in [1.29, 1.82) is 0 Å². The van der Waals surface area contributed by atoms with Gasteiger partial charge in [0.15, 0.2) is 9.84 Å². The maximum absolute atomic E-state index is 13.1. The van der Waals surface area contributed by atoms with Gasteiger partial charge >= 0.3 is 5.97 Å². The molecule has 0 N–H and O–H groups in total. The Hall–Kier alpha value is -1.19. The second-order valence-electron chi connectivity index (χ2n) is 8.06. The molecule has 0 aromatic rings. The summed E-state index contributed by atoms with van der Waals surface area (Å²) < 4.78 is 34.7. The zero-order valence-electron chi connectivity index (χ0n) is 16.7. The standard InChI is InChI=1S/C19H32N2O6S/c1-2-26-19(23)15-5-3-8-20(11-15)13-18(22)21(12-17-6-4-9-27-17)16-7-10-28(24,25)14-16/h15-17H,2-14H2,1H3. The predicted octanol–water partition coefficient (Wildman–Crippen LogP) is 0.456. The minimum Gasteiger partial charge on any atom is -0.466 e. The molecule has 160 valence electrons. The molecule has 3 fully saturated rings. The Morgan fingerprint density at radius 2 is 2.04 bits per heavy atom. The Morgan fingerprint density at radius 1 is 1.21 bits per heavy atom. The highest BCUT2D eigenvalue weighted by molar-refractivity contribution is 7.91. The van der Waals surface area contributed by atoms with E-state index in [9.17, 15) is 18.0 Å². The van der Waals surface area contributed by atoms with Crippen LogP contribution >= 0.6 is 0 Å². The highest BCUT2D eigenvalue weighted by Gasteiger charge is 2.37. The smallest absolute Gasteiger partial charge is 0.310 e. The lowest BCUT2D eigenvalue weighted by atomic mass is 9.98. The van der Waals surface area contributed by atoms with E-state index in [0.29, 0.717) is 32.7 Å². The third-order valence-electron chi connectivity index (χ3n) is 5.88. The normalized spacial score (nSPS) is 30.2. The van der Waals surface area contributed by atoms with Crippen LogP contribution in [0, 0.1) is 5.92 Å². The van der Waals surface area contributed by atoms with Gasteiger partial charge in [0.1, 0.15) is 0 Å². The summed E-state index contributed by atoms with van der Waals surface area (Å²) in [6, 6.07) is -0.271. The number of likely N-dealkylation sites (tertiary alicyclic amines) is 1. The topological polar surface area (TPSA) is 93.2 Å². The van der Waals surface area contributed by atoms with Gasteiger partial charge in [0.05, 0.1) is 36.7 Å². The van der Waals surface area contributed by atoms with Gasteiger partial charge < -0.3 is 14.4 Å². The first kappa shape index (κ1) is 21.5. The largest absolute Gasteiger partial charge is 0.466 e. The third kappa shape index (κ3) is 5.67. The number of carbonyl (C=O) groups is 2. The lowest BCUT2D eigenvalue weighted by Crippen LogP contribution is -2.51. The van der Waals surface area contributed by atoms with E-state index < -0.39 is 9.84 Å². The Labute approximate surface area is 167 Å². The fourth-order valence-electron chi connectivity index (χ4n) is 4.42. The van der Waals surface area contributed by atoms with Crippen LogP contribution in [0.4, 0.5) is 0 Å². The van der Waals surface area contributed by atoms with Gasteiger partial charge in [0.2, 0.25) is 5.91 Å². The fourth-order valence-corrected chi connectivity index (χ4v) is 6.15. The molecule has 3 heterocycles. The maximum atomic E-state index is 13.1. The molecule has 28 heavy (non-hydrogen) atoms. The summed E-state index contributed by atoms with van der Waals surface area (Å²) in [5.41, 5.74) is 0. The van der Waals surface area contributed by atoms with Crippen molar-refractivity contribution >= 4 is 21.7 Å². The number of nitrogens with zero attached hydrogens (tertiary/aromatic N) is 2. The van der Waals surface area contributed by atoms with Crippen LogP contribution in [0.2, 0.25) is 0 Å². The van der Waals surface area contributed by atoms with Gasteiger partial charge in [-0.1, -0.05) is 0 Å². The Balaban J connectivity index is 1.62. The van der Waals surface area contributed by atoms with Crippen molar-refractivity contribution in [2.45, 2.75) is 51.2 Å². The van der Waals surface area contributed by atoms with E-state index in [4.69, 9.17) is 9.47 Å². The number of amides is 1. The summed E-state index contributed by atoms with van der Waals surface area (Å²) in [6.07, 6.45) is 3.98. The minimum atomic E-state index is -3.08. The highest BCUT2D eigenvalue weighted by Crippen LogP contribution is 2.23. The highest BCUT2D eigenvalue weighted by atomic mass is 32.2. The Bertz CT molecular complexity index is 661. The van der Waals surface area contributed by atoms with Crippen LogP contribution in [0.25, 0.3) is 0 Å². The number of piperidine rings is 1. The van der Waals surface area contributed by atoms with Gasteiger partial charge in [-0.3, -0.25) is 14.5 Å². The molecule has 3 atom stereocenters. The monoisotopic (exact) mass is 416 g/mol. The molecule has 8 nitrogen and oxygen atoms in total. The van der Waals surface area contributed by atoms with Crippen LogP contribution in [0.1, 0.15) is 39.0 Å². The third-order valence-corrected chi connectivity index (χ3v) is 7.63. The molecule has 3 aliphatic heterocycles. The molecule has 1 amide bonds. The van der Waals surface area contributed by atoms with Crippen molar-refractivity contribution in [2.24, 2.45) is 5.92 Å². The van der Waals surface area contributed by atoms with Crippen LogP contribution in [0.15, 0.2) is 0 Å². The van der Waals surface area contributed by atoms with Gasteiger partial charge in [-0.25, -0.2) is 8.42 Å². The molecule has 3 rings (SSSR count). The molecule has 0 saturated carbocycles. The molecule has 3 aliphatic rings. The van der Waals surface area contributed by atoms with Crippen LogP contribution in [0.5, 0.6) is 0 Å². The molecule has 0 aromatic carbocycles. The summed E-state index contributed by atoms with van der Waals surface area (Å²) in [5.74, 6) is -0.279. The SMILES string of the molecule is CCOC(=O)C1CCCN(CC(=O)N(CC2CCCO2)C2CCS(=O)(=O)C2)C1. The first-order valence-electron chi connectivity index (χ1n) is 10.4. The molecule has 0 aromatic heterocycles. The summed E-state index contributed by atoms with van der Waals surface area (Å²) in [4.78, 5) is 28.9. The Morgan fingerprint density at radius 3 is 2.68 bits per heavy atom. The molecule has 0 aliphatic carbocycles. The van der Waals surface area contributed by atoms with E-state index >= 15 is 0 Å². The van der Waals surface area contributed by atoms with Gasteiger partial charge in [0, 0.05) is 25.7 Å². The first-order valence-corrected chi connectivity index (χ1v) is 12.2. The van der Waals surface area contributed by atoms with Crippen molar-refractivity contribution in [3.63, 3.8) is 0 Å². The van der Waals surface area contributed by atoms with Gasteiger partial charge in [-0.05, 0) is 45.6 Å². The van der Waals surface area contributed by atoms with Crippen LogP contribution in [-0.4, -0.2) is 93.1 Å². The van der Waals surface area contributed by atoms with Crippen molar-refractivity contribution in [1.82, 2.24) is 9.80 Å². The second-order valence-corrected chi connectivity index (χ2v) is 10.3. The molecule has 0 radical (unpaired) electrons. The zero-order valence-corrected chi connectivity index (χ0v) is 17.5. The maximum Gasteiger partial charge on any atom is 0.310 e. The number of ether oxygens (including phenoxy) is 2. The van der Waals surface area contributed by atoms with Gasteiger partial charge in [-0.15, -0.1) is 0 Å². The Kier molecular flexibility index (Phi) is 7.33. The fraction of sp³-hybridized carbons (Fsp3) is 0.895. The molecule has 9 heteroatoms. The lowest BCUT2D eigenvalue weighted by molar-refractivity contribution is -0.151. The van der Waals surface area contributed by atoms with Gasteiger partial charge in [0.25, 0.3) is 0 Å². The molecule has 0 bridgehead atoms. The number of hydrogen-bond donors (Lipinski definition) is 0. The van der Waals surface area contributed by atoms with E-state index in [1.165, 1.54) is 0 Å². The zero-order chi connectivity index (χ0) is 20.1. The molecular weight excluding hydrogens is 384 g/mol. The van der Waals surface area contributed by atoms with E-state index in [1.54, 1.807) is 11.8 Å². The van der Waals surface area contributed by atoms with E-state index in [2.05, 4.69) is 0 Å². The first-order chi connectivity index (χ1) is 13.4. The molecule has 3 saturated heterocycles. The molecule has 0 spiro atoms. The molecule has 3 unspecified atom stereocenters. The lowest BCUT2D eigenvalue weighted by Gasteiger charge is -2.35. The summed E-state index contributed by atoms with van der Waals surface area (Å²) in [6.45, 7) is 4.79. The number of esters is 1. The van der Waals surface area contributed by atoms with Crippen molar-refractivity contribution in [2.75, 3.05) is 50.9 Å². The number of sulfone groups is 1. The minimum absolute atomic E-state index is 0.0131. The van der Waals surface area contributed by atoms with Crippen molar-refractivity contribution in [3.8, 4) is 0 Å². The van der Waals surface area contributed by atoms with Crippen LogP contribution in [-0.2, 0) is 28.9 Å². The van der Waals surface area contributed by atoms with E-state index in [-0.39, 0.29) is 48.0 Å². The second kappa shape index (κ2) is 9.54. The average Bonchev–Trinajstić information content (AvgIpc) is 3.29. The number of hydrogen-bond acceptors (Lipinski definition) is 7. The average molecular weight is 417 g/mol. The van der Waals surface area contributed by atoms with Crippen LogP contribution < -0.4 is 0 Å². The summed E-state index contributed by atoms with van der Waals surface area (Å²) >= 11 is 0. The number of rotatable bonds is 7. The summed E-state index contributed by atoms with van der Waals surface area (Å²) in [5, 5.41) is 0. The summed E-state index contributed by atoms with van der Waals surface area (Å²) in [7, 11) is -3.08. The number of carbonyl (C=O) groups excluding carboxylic acids is 2. The van der Waals surface area contributed by atoms with Crippen LogP contribution in [0.3, 0.4) is 0 Å². The van der Waals surface area contributed by atoms with E-state index in [1.807, 2.05) is 4.90 Å². The van der Waals surface area contributed by atoms with E-state index in [0.717, 1.165) is 32.2 Å². The quantitative estimate of drug-likeness (QED) is 0.557. The molecular formula is C19H32N2O6S. The van der Waals surface area contributed by atoms with Crippen molar-refractivity contribution < 1.29 is 27.5 Å².